The molecule has 0 radical (unpaired) electrons. The minimum atomic E-state index is -0.263. The van der Waals surface area contributed by atoms with E-state index in [4.69, 9.17) is 38.5 Å². The number of aromatic amines is 1. The van der Waals surface area contributed by atoms with Crippen LogP contribution in [0.1, 0.15) is 60.5 Å². The van der Waals surface area contributed by atoms with Crippen molar-refractivity contribution in [2.24, 2.45) is 0 Å². The second kappa shape index (κ2) is 31.7. The van der Waals surface area contributed by atoms with E-state index >= 15 is 0 Å². The maximum atomic E-state index is 13.3. The number of ether oxygens (including phenoxy) is 6. The molecule has 0 aliphatic rings. The van der Waals surface area contributed by atoms with Gasteiger partial charge >= 0.3 is 103 Å². The van der Waals surface area contributed by atoms with Gasteiger partial charge in [-0.25, -0.2) is 9.97 Å². The molecule has 63 heavy (non-hydrogen) atoms. The zero-order chi connectivity index (χ0) is 44.7. The van der Waals surface area contributed by atoms with Crippen LogP contribution in [0.25, 0.3) is 22.5 Å². The van der Waals surface area contributed by atoms with Crippen LogP contribution < -0.4 is 136 Å². The summed E-state index contributed by atoms with van der Waals surface area (Å²) >= 11 is 2.35. The van der Waals surface area contributed by atoms with Crippen LogP contribution in [0, 0.1) is 0 Å². The fourth-order valence-corrected chi connectivity index (χ4v) is 5.65. The summed E-state index contributed by atoms with van der Waals surface area (Å²) in [6.07, 6.45) is 5.76. The first-order chi connectivity index (χ1) is 29.6. The van der Waals surface area contributed by atoms with E-state index in [1.165, 1.54) is 53.5 Å². The van der Waals surface area contributed by atoms with E-state index in [9.17, 15) is 9.59 Å². The first-order valence-electron chi connectivity index (χ1n) is 18.8. The third-order valence-electron chi connectivity index (χ3n) is 8.47. The van der Waals surface area contributed by atoms with E-state index < -0.39 is 0 Å². The van der Waals surface area contributed by atoms with Crippen molar-refractivity contribution in [3.63, 3.8) is 0 Å². The first kappa shape index (κ1) is 57.9. The molecule has 1 N–H and O–H groups in total. The Kier molecular flexibility index (Phi) is 29.1. The molecule has 2 aromatic heterocycles. The molecule has 0 aliphatic carbocycles. The summed E-state index contributed by atoms with van der Waals surface area (Å²) in [4.78, 5) is 49.2. The molecule has 6 aromatic rings. The number of benzene rings is 4. The second-order valence-corrected chi connectivity index (χ2v) is 13.5. The van der Waals surface area contributed by atoms with Gasteiger partial charge in [0.2, 0.25) is 23.1 Å². The fourth-order valence-electron chi connectivity index (χ4n) is 5.65. The number of rotatable bonds is 16. The molecule has 0 fully saturated rings. The number of nitrogens with zero attached hydrogens (tertiary/aromatic N) is 3. The Labute approximate surface area is 468 Å². The molecule has 0 bridgehead atoms. The van der Waals surface area contributed by atoms with Gasteiger partial charge in [-0.3, -0.25) is 14.4 Å². The summed E-state index contributed by atoms with van der Waals surface area (Å²) < 4.78 is 35.1. The molecule has 0 atom stereocenters. The zero-order valence-electron chi connectivity index (χ0n) is 38.4. The van der Waals surface area contributed by atoms with Crippen molar-refractivity contribution in [3.05, 3.63) is 120 Å². The van der Waals surface area contributed by atoms with Gasteiger partial charge < -0.3 is 49.5 Å². The number of aromatic nitrogens is 4. The number of hydrogen-bond acceptors (Lipinski definition) is 13. The van der Waals surface area contributed by atoms with Gasteiger partial charge in [-0.15, -0.1) is 0 Å². The molecular weight excluding hydrogens is 978 g/mol. The van der Waals surface area contributed by atoms with Crippen LogP contribution in [0.3, 0.4) is 0 Å². The Morgan fingerprint density at radius 1 is 0.714 bits per heavy atom. The van der Waals surface area contributed by atoms with Gasteiger partial charge in [0, 0.05) is 29.4 Å². The van der Waals surface area contributed by atoms with E-state index in [2.05, 4.69) is 56.3 Å². The third kappa shape index (κ3) is 16.7. The van der Waals surface area contributed by atoms with Crippen molar-refractivity contribution >= 4 is 40.6 Å². The summed E-state index contributed by atoms with van der Waals surface area (Å²) in [5, 5.41) is 8.43. The number of alkyl halides is 1. The van der Waals surface area contributed by atoms with Crippen LogP contribution in [0.5, 0.6) is 34.5 Å². The van der Waals surface area contributed by atoms with Crippen molar-refractivity contribution in [1.82, 2.24) is 19.5 Å². The second-order valence-electron chi connectivity index (χ2n) is 12.4. The Morgan fingerprint density at radius 2 is 1.14 bits per heavy atom. The van der Waals surface area contributed by atoms with Crippen molar-refractivity contribution < 1.29 is 157 Å². The van der Waals surface area contributed by atoms with E-state index in [0.717, 1.165) is 28.9 Å². The van der Waals surface area contributed by atoms with E-state index in [0.29, 0.717) is 58.0 Å². The van der Waals surface area contributed by atoms with Gasteiger partial charge in [-0.05, 0) is 47.1 Å². The first-order valence-corrected chi connectivity index (χ1v) is 20.4. The van der Waals surface area contributed by atoms with Crippen LogP contribution in [0.4, 0.5) is 0 Å². The van der Waals surface area contributed by atoms with Gasteiger partial charge in [0.25, 0.3) is 6.47 Å². The molecule has 0 saturated carbocycles. The number of halogens is 1. The minimum absolute atomic E-state index is 0. The summed E-state index contributed by atoms with van der Waals surface area (Å²) in [6.45, 7) is 4.76. The number of H-pyrrole nitrogens is 1. The number of imidazole rings is 2. The van der Waals surface area contributed by atoms with Crippen LogP contribution in [-0.4, -0.2) is 84.6 Å². The van der Waals surface area contributed by atoms with Gasteiger partial charge in [0.05, 0.1) is 60.2 Å². The van der Waals surface area contributed by atoms with Crippen molar-refractivity contribution in [1.29, 1.82) is 0 Å². The Balaban J connectivity index is 0.00000102. The third-order valence-corrected chi connectivity index (χ3v) is 9.55. The number of ketones is 2. The van der Waals surface area contributed by atoms with Crippen molar-refractivity contribution in [3.8, 4) is 57.0 Å². The normalized spacial score (nSPS) is 9.62. The Bertz CT molecular complexity index is 2250. The molecule has 0 amide bonds. The molecule has 6 rings (SSSR count). The van der Waals surface area contributed by atoms with Crippen LogP contribution in [0.15, 0.2) is 97.3 Å². The molecule has 15 nitrogen and oxygen atoms in total. The van der Waals surface area contributed by atoms with Crippen LogP contribution in [-0.2, 0) is 16.2 Å². The van der Waals surface area contributed by atoms with Gasteiger partial charge in [-0.2, -0.15) is 0 Å². The van der Waals surface area contributed by atoms with E-state index in [1.807, 2.05) is 71.4 Å². The number of hydrogen-bond donors (Lipinski definition) is 1. The number of nitrogens with one attached hydrogen (secondary N) is 1. The van der Waals surface area contributed by atoms with Gasteiger partial charge in [-0.1, -0.05) is 97.1 Å². The summed E-state index contributed by atoms with van der Waals surface area (Å²) in [5.41, 5.74) is 4.29. The molecular formula is C45H51IK2N4O11. The topological polar surface area (TPSA) is 185 Å². The van der Waals surface area contributed by atoms with E-state index in [-0.39, 0.29) is 128 Å². The minimum Gasteiger partial charge on any atom is -1.00 e. The molecule has 2 heterocycles. The molecule has 0 spiro atoms. The number of carbonyl (C=O) groups is 3. The summed E-state index contributed by atoms with van der Waals surface area (Å²) in [5.74, 6) is 2.75. The predicted molar refractivity (Wildman–Crippen MR) is 238 cm³/mol. The maximum Gasteiger partial charge on any atom is 1.00 e. The smallest absolute Gasteiger partial charge is 1.00 e. The van der Waals surface area contributed by atoms with Crippen LogP contribution >= 0.6 is 22.6 Å². The Hall–Kier alpha value is -3.13. The average Bonchev–Trinajstić information content (AvgIpc) is 3.99. The summed E-state index contributed by atoms with van der Waals surface area (Å²) in [6, 6.07) is 26.0. The predicted octanol–water partition coefficient (Wildman–Crippen LogP) is 1.94. The number of carbonyl (C=O) groups excluding carboxylic acids is 3. The molecule has 18 heteroatoms. The SMILES string of the molecule is CCCI.CCCn1cc(-c2ccccc2)nc1C(=O)c1cc(OC)c(OC)c(OC)c1.COc1cc(C(=O)c2ncc(-c3ccccc3)[nH]2)cc(OC)c1OC.O=CO[O-].[H-].[K+].[K+]. The van der Waals surface area contributed by atoms with Gasteiger partial charge in [0.15, 0.2) is 34.6 Å². The number of methoxy groups -OCH3 is 6. The van der Waals surface area contributed by atoms with Crippen molar-refractivity contribution in [2.75, 3.05) is 47.1 Å². The zero-order valence-corrected chi connectivity index (χ0v) is 45.8. The standard InChI is InChI=1S/C22H24N2O4.C19H18N2O4.C3H7I.CH2O3.2K.H/c1-5-11-24-14-17(15-9-7-6-8-10-15)23-22(24)20(25)16-12-18(26-2)21(28-4)19(13-16)27-3;1-23-15-9-13(10-16(24-2)18(15)25-3)17(22)19-20-11-14(21-19)12-7-5-4-6-8-12;1-2-3-4;2-1-4-3;;;/h6-10,12-14H,5,11H2,1-4H3;4-11H,1-3H3,(H,20,21);2-3H2,1H3;1,3H;;;/q;;;;2*+1;-1/p-1. The monoisotopic (exact) mass is 1030 g/mol. The maximum absolute atomic E-state index is 13.3. The van der Waals surface area contributed by atoms with Crippen molar-refractivity contribution in [2.45, 2.75) is 33.2 Å². The van der Waals surface area contributed by atoms with E-state index in [1.54, 1.807) is 30.5 Å². The molecule has 0 aliphatic heterocycles. The Morgan fingerprint density at radius 3 is 1.52 bits per heavy atom. The van der Waals surface area contributed by atoms with Crippen LogP contribution in [0.2, 0.25) is 0 Å². The molecule has 326 valence electrons. The molecule has 4 aromatic carbocycles. The average molecular weight is 1030 g/mol. The summed E-state index contributed by atoms with van der Waals surface area (Å²) in [7, 11) is 9.11. The number of aryl methyl sites for hydroxylation is 1. The largest absolute Gasteiger partial charge is 1.00 e. The quantitative estimate of drug-likeness (QED) is 0.0283. The molecule has 0 unspecified atom stereocenters. The van der Waals surface area contributed by atoms with Gasteiger partial charge in [0.1, 0.15) is 0 Å². The molecule has 0 saturated heterocycles. The fraction of sp³-hybridized carbons (Fsp3) is 0.267.